The Morgan fingerprint density at radius 2 is 2.42 bits per heavy atom. The molecule has 0 aliphatic rings. The van der Waals surface area contributed by atoms with Crippen molar-refractivity contribution in [2.75, 3.05) is 5.33 Å². The number of hydrogen-bond acceptors (Lipinski definition) is 1. The highest BCUT2D eigenvalue weighted by molar-refractivity contribution is 9.10. The molecule has 0 nitrogen and oxygen atoms in total. The number of halogens is 2. The zero-order chi connectivity index (χ0) is 8.97. The molecule has 1 rings (SSSR count). The average Bonchev–Trinajstić information content (AvgIpc) is 2.47. The monoisotopic (exact) mass is 308 g/mol. The highest BCUT2D eigenvalue weighted by Crippen LogP contribution is 2.29. The van der Waals surface area contributed by atoms with Crippen molar-refractivity contribution in [2.45, 2.75) is 13.3 Å². The van der Waals surface area contributed by atoms with Gasteiger partial charge in [-0.15, -0.1) is 11.3 Å². The summed E-state index contributed by atoms with van der Waals surface area (Å²) in [6.45, 7) is 2.15. The summed E-state index contributed by atoms with van der Waals surface area (Å²) in [6, 6.07) is 2.09. The van der Waals surface area contributed by atoms with E-state index in [-0.39, 0.29) is 0 Å². The average molecular weight is 310 g/mol. The number of allylic oxidation sites excluding steroid dienone is 2. The molecular weight excluding hydrogens is 300 g/mol. The number of hydrogen-bond donors (Lipinski definition) is 0. The Hall–Kier alpha value is 0.400. The van der Waals surface area contributed by atoms with Crippen LogP contribution in [0.15, 0.2) is 22.0 Å². The van der Waals surface area contributed by atoms with Crippen molar-refractivity contribution in [1.29, 1.82) is 0 Å². The Morgan fingerprint density at radius 3 is 2.92 bits per heavy atom. The van der Waals surface area contributed by atoms with E-state index in [0.717, 1.165) is 11.8 Å². The molecule has 3 heteroatoms. The highest BCUT2D eigenvalue weighted by atomic mass is 79.9. The van der Waals surface area contributed by atoms with E-state index in [9.17, 15) is 0 Å². The smallest absolute Gasteiger partial charge is 0.0438 e. The van der Waals surface area contributed by atoms with Gasteiger partial charge in [0.15, 0.2) is 0 Å². The van der Waals surface area contributed by atoms with Crippen LogP contribution in [-0.4, -0.2) is 5.33 Å². The normalized spacial score (nSPS) is 12.1. The molecule has 0 aliphatic heterocycles. The van der Waals surface area contributed by atoms with Crippen LogP contribution in [-0.2, 0) is 0 Å². The molecule has 0 atom stereocenters. The van der Waals surface area contributed by atoms with E-state index in [1.165, 1.54) is 14.9 Å². The first-order valence-electron chi connectivity index (χ1n) is 3.72. The SMILES string of the molecule is CC(=CCCBr)c1sccc1Br. The first-order valence-corrected chi connectivity index (χ1v) is 6.51. The van der Waals surface area contributed by atoms with Crippen molar-refractivity contribution >= 4 is 48.8 Å². The Balaban J connectivity index is 2.77. The summed E-state index contributed by atoms with van der Waals surface area (Å²) in [5.74, 6) is 0. The minimum absolute atomic E-state index is 1.04. The van der Waals surface area contributed by atoms with Crippen LogP contribution in [0.25, 0.3) is 5.57 Å². The molecular formula is C9H10Br2S. The van der Waals surface area contributed by atoms with E-state index >= 15 is 0 Å². The third-order valence-corrected chi connectivity index (χ3v) is 3.97. The number of rotatable bonds is 3. The van der Waals surface area contributed by atoms with Crippen molar-refractivity contribution in [3.63, 3.8) is 0 Å². The van der Waals surface area contributed by atoms with Gasteiger partial charge in [0.2, 0.25) is 0 Å². The van der Waals surface area contributed by atoms with Gasteiger partial charge in [0.1, 0.15) is 0 Å². The molecule has 12 heavy (non-hydrogen) atoms. The summed E-state index contributed by atoms with van der Waals surface area (Å²) < 4.78 is 1.20. The predicted molar refractivity (Wildman–Crippen MR) is 64.1 cm³/mol. The molecule has 0 fully saturated rings. The number of alkyl halides is 1. The first-order chi connectivity index (χ1) is 5.75. The van der Waals surface area contributed by atoms with E-state index < -0.39 is 0 Å². The van der Waals surface area contributed by atoms with Gasteiger partial charge in [0, 0.05) is 14.7 Å². The lowest BCUT2D eigenvalue weighted by atomic mass is 10.2. The first kappa shape index (κ1) is 10.5. The molecule has 0 saturated carbocycles. The second kappa shape index (κ2) is 5.20. The lowest BCUT2D eigenvalue weighted by Gasteiger charge is -1.97. The van der Waals surface area contributed by atoms with Crippen LogP contribution in [0.1, 0.15) is 18.2 Å². The fraction of sp³-hybridized carbons (Fsp3) is 0.333. The number of thiophene rings is 1. The van der Waals surface area contributed by atoms with Crippen LogP contribution in [0.2, 0.25) is 0 Å². The molecule has 0 amide bonds. The summed E-state index contributed by atoms with van der Waals surface area (Å²) in [5.41, 5.74) is 1.36. The summed E-state index contributed by atoms with van der Waals surface area (Å²) in [5, 5.41) is 3.14. The quantitative estimate of drug-likeness (QED) is 0.710. The fourth-order valence-corrected chi connectivity index (χ4v) is 2.86. The molecule has 0 N–H and O–H groups in total. The van der Waals surface area contributed by atoms with Gasteiger partial charge in [-0.2, -0.15) is 0 Å². The molecule has 0 unspecified atom stereocenters. The second-order valence-electron chi connectivity index (χ2n) is 2.46. The predicted octanol–water partition coefficient (Wildman–Crippen LogP) is 4.70. The van der Waals surface area contributed by atoms with Crippen LogP contribution in [0.3, 0.4) is 0 Å². The minimum atomic E-state index is 1.04. The molecule has 0 radical (unpaired) electrons. The van der Waals surface area contributed by atoms with Crippen molar-refractivity contribution in [3.8, 4) is 0 Å². The van der Waals surface area contributed by atoms with Gasteiger partial charge in [0.25, 0.3) is 0 Å². The molecule has 1 aromatic heterocycles. The molecule has 0 aliphatic carbocycles. The highest BCUT2D eigenvalue weighted by Gasteiger charge is 2.01. The van der Waals surface area contributed by atoms with E-state index in [0.29, 0.717) is 0 Å². The van der Waals surface area contributed by atoms with Gasteiger partial charge in [-0.3, -0.25) is 0 Å². The largest absolute Gasteiger partial charge is 0.143 e. The third-order valence-electron chi connectivity index (χ3n) is 1.53. The standard InChI is InChI=1S/C9H10Br2S/c1-7(3-2-5-10)9-8(11)4-6-12-9/h3-4,6H,2,5H2,1H3. The van der Waals surface area contributed by atoms with E-state index in [1.807, 2.05) is 0 Å². The second-order valence-corrected chi connectivity index (χ2v) is 5.03. The van der Waals surface area contributed by atoms with Crippen molar-refractivity contribution in [1.82, 2.24) is 0 Å². The zero-order valence-electron chi connectivity index (χ0n) is 6.81. The molecule has 0 saturated heterocycles. The Bertz CT molecular complexity index is 276. The van der Waals surface area contributed by atoms with Crippen LogP contribution < -0.4 is 0 Å². The Labute approximate surface area is 93.9 Å². The maximum atomic E-state index is 3.52. The fourth-order valence-electron chi connectivity index (χ4n) is 0.939. The van der Waals surface area contributed by atoms with Crippen molar-refractivity contribution in [3.05, 3.63) is 26.9 Å². The topological polar surface area (TPSA) is 0 Å². The lowest BCUT2D eigenvalue weighted by molar-refractivity contribution is 1.26. The van der Waals surface area contributed by atoms with Gasteiger partial charge < -0.3 is 0 Å². The lowest BCUT2D eigenvalue weighted by Crippen LogP contribution is -1.75. The maximum Gasteiger partial charge on any atom is 0.0438 e. The van der Waals surface area contributed by atoms with Gasteiger partial charge >= 0.3 is 0 Å². The van der Waals surface area contributed by atoms with E-state index in [2.05, 4.69) is 56.3 Å². The molecule has 0 bridgehead atoms. The van der Waals surface area contributed by atoms with Gasteiger partial charge in [0.05, 0.1) is 0 Å². The van der Waals surface area contributed by atoms with E-state index in [4.69, 9.17) is 0 Å². The van der Waals surface area contributed by atoms with Crippen LogP contribution in [0.5, 0.6) is 0 Å². The summed E-state index contributed by atoms with van der Waals surface area (Å²) in [4.78, 5) is 1.34. The van der Waals surface area contributed by atoms with E-state index in [1.54, 1.807) is 11.3 Å². The summed E-state index contributed by atoms with van der Waals surface area (Å²) in [7, 11) is 0. The van der Waals surface area contributed by atoms with Gasteiger partial charge in [-0.25, -0.2) is 0 Å². The van der Waals surface area contributed by atoms with Crippen LogP contribution >= 0.6 is 43.2 Å². The van der Waals surface area contributed by atoms with Crippen molar-refractivity contribution < 1.29 is 0 Å². The Kier molecular flexibility index (Phi) is 4.54. The maximum absolute atomic E-state index is 3.52. The third kappa shape index (κ3) is 2.71. The van der Waals surface area contributed by atoms with Crippen LogP contribution in [0, 0.1) is 0 Å². The van der Waals surface area contributed by atoms with Crippen LogP contribution in [0.4, 0.5) is 0 Å². The Morgan fingerprint density at radius 1 is 1.67 bits per heavy atom. The summed E-state index contributed by atoms with van der Waals surface area (Å²) >= 11 is 8.70. The molecule has 1 heterocycles. The molecule has 0 spiro atoms. The molecule has 0 aromatic carbocycles. The van der Waals surface area contributed by atoms with Gasteiger partial charge in [-0.1, -0.05) is 22.0 Å². The molecule has 1 aromatic rings. The van der Waals surface area contributed by atoms with Crippen molar-refractivity contribution in [2.24, 2.45) is 0 Å². The summed E-state index contributed by atoms with van der Waals surface area (Å²) in [6.07, 6.45) is 3.35. The van der Waals surface area contributed by atoms with Gasteiger partial charge in [-0.05, 0) is 46.3 Å². The minimum Gasteiger partial charge on any atom is -0.143 e. The zero-order valence-corrected chi connectivity index (χ0v) is 10.8. The molecule has 66 valence electrons.